The number of carbonyl (C=O) groups excluding carboxylic acids is 2. The number of hydrogen-bond acceptors (Lipinski definition) is 5. The Morgan fingerprint density at radius 1 is 1.09 bits per heavy atom. The molecule has 1 saturated heterocycles. The third-order valence-electron chi connectivity index (χ3n) is 6.33. The largest absolute Gasteiger partial charge is 0.494 e. The van der Waals surface area contributed by atoms with E-state index in [9.17, 15) is 18.0 Å². The van der Waals surface area contributed by atoms with Crippen LogP contribution in [0, 0.1) is 0 Å². The van der Waals surface area contributed by atoms with Crippen molar-refractivity contribution in [2.75, 3.05) is 31.1 Å². The van der Waals surface area contributed by atoms with E-state index in [0.717, 1.165) is 24.2 Å². The molecule has 0 unspecified atom stereocenters. The summed E-state index contributed by atoms with van der Waals surface area (Å²) in [7, 11) is -3.57. The van der Waals surface area contributed by atoms with Gasteiger partial charge in [0.2, 0.25) is 21.8 Å². The van der Waals surface area contributed by atoms with E-state index in [0.29, 0.717) is 43.9 Å². The first-order chi connectivity index (χ1) is 16.3. The zero-order valence-corrected chi connectivity index (χ0v) is 20.4. The summed E-state index contributed by atoms with van der Waals surface area (Å²) < 4.78 is 32.9. The fourth-order valence-corrected chi connectivity index (χ4v) is 6.20. The number of sulfonamides is 1. The lowest BCUT2D eigenvalue weighted by atomic mass is 10.1. The van der Waals surface area contributed by atoms with Crippen molar-refractivity contribution in [3.63, 3.8) is 0 Å². The first-order valence-corrected chi connectivity index (χ1v) is 13.2. The maximum atomic E-state index is 13.0. The summed E-state index contributed by atoms with van der Waals surface area (Å²) in [6.45, 7) is 5.45. The van der Waals surface area contributed by atoms with Gasteiger partial charge in [-0.1, -0.05) is 12.1 Å². The third kappa shape index (κ3) is 4.95. The van der Waals surface area contributed by atoms with Gasteiger partial charge in [0.15, 0.2) is 0 Å². The van der Waals surface area contributed by atoms with Gasteiger partial charge in [-0.25, -0.2) is 8.42 Å². The molecule has 2 aromatic carbocycles. The van der Waals surface area contributed by atoms with Gasteiger partial charge in [0.05, 0.1) is 11.5 Å². The minimum atomic E-state index is -3.57. The molecule has 8 nitrogen and oxygen atoms in total. The Hall–Kier alpha value is -2.91. The molecule has 1 N–H and O–H groups in total. The smallest absolute Gasteiger partial charge is 0.243 e. The molecule has 1 fully saturated rings. The predicted molar refractivity (Wildman–Crippen MR) is 129 cm³/mol. The molecule has 0 spiro atoms. The van der Waals surface area contributed by atoms with E-state index in [1.165, 1.54) is 22.2 Å². The minimum Gasteiger partial charge on any atom is -0.494 e. The second-order valence-corrected chi connectivity index (χ2v) is 10.6. The van der Waals surface area contributed by atoms with Gasteiger partial charge < -0.3 is 10.1 Å². The Balaban J connectivity index is 1.43. The zero-order valence-electron chi connectivity index (χ0n) is 19.6. The number of ether oxygens (including phenoxy) is 1. The molecule has 2 aliphatic heterocycles. The number of amides is 2. The van der Waals surface area contributed by atoms with Crippen molar-refractivity contribution in [1.29, 1.82) is 0 Å². The highest BCUT2D eigenvalue weighted by Crippen LogP contribution is 2.35. The van der Waals surface area contributed by atoms with Crippen LogP contribution in [0.25, 0.3) is 0 Å². The van der Waals surface area contributed by atoms with Crippen LogP contribution in [0.4, 0.5) is 5.69 Å². The summed E-state index contributed by atoms with van der Waals surface area (Å²) in [6, 6.07) is 11.8. The monoisotopic (exact) mass is 485 g/mol. The van der Waals surface area contributed by atoms with Crippen LogP contribution in [-0.2, 0) is 32.5 Å². The lowest BCUT2D eigenvalue weighted by molar-refractivity contribution is -0.125. The molecular formula is C25H31N3O5S. The predicted octanol–water partition coefficient (Wildman–Crippen LogP) is 2.51. The Morgan fingerprint density at radius 3 is 2.44 bits per heavy atom. The van der Waals surface area contributed by atoms with Crippen molar-refractivity contribution in [1.82, 2.24) is 9.62 Å². The van der Waals surface area contributed by atoms with Gasteiger partial charge in [-0.15, -0.1) is 0 Å². The lowest BCUT2D eigenvalue weighted by Crippen LogP contribution is -2.47. The van der Waals surface area contributed by atoms with Gasteiger partial charge in [-0.05, 0) is 67.6 Å². The molecule has 2 amide bonds. The number of carbonyl (C=O) groups is 2. The second-order valence-electron chi connectivity index (χ2n) is 8.63. The quantitative estimate of drug-likeness (QED) is 0.620. The summed E-state index contributed by atoms with van der Waals surface area (Å²) in [6.07, 6.45) is 2.66. The molecule has 0 aliphatic carbocycles. The van der Waals surface area contributed by atoms with Crippen LogP contribution in [0.1, 0.15) is 37.8 Å². The number of benzene rings is 2. The highest BCUT2D eigenvalue weighted by atomic mass is 32.2. The minimum absolute atomic E-state index is 0.216. The Bertz CT molecular complexity index is 1160. The van der Waals surface area contributed by atoms with Gasteiger partial charge in [0.1, 0.15) is 11.8 Å². The van der Waals surface area contributed by atoms with E-state index in [4.69, 9.17) is 4.74 Å². The fraction of sp³-hybridized carbons (Fsp3) is 0.440. The molecule has 0 aromatic heterocycles. The highest BCUT2D eigenvalue weighted by Gasteiger charge is 2.38. The Kier molecular flexibility index (Phi) is 7.23. The average Bonchev–Trinajstić information content (AvgIpc) is 3.48. The third-order valence-corrected chi connectivity index (χ3v) is 8.22. The molecule has 34 heavy (non-hydrogen) atoms. The van der Waals surface area contributed by atoms with Gasteiger partial charge in [-0.2, -0.15) is 4.31 Å². The van der Waals surface area contributed by atoms with Gasteiger partial charge in [-0.3, -0.25) is 14.5 Å². The van der Waals surface area contributed by atoms with Crippen LogP contribution in [0.15, 0.2) is 47.4 Å². The molecule has 2 aromatic rings. The zero-order chi connectivity index (χ0) is 24.3. The van der Waals surface area contributed by atoms with Crippen LogP contribution in [0.2, 0.25) is 0 Å². The molecular weight excluding hydrogens is 454 g/mol. The molecule has 2 aliphatic rings. The summed E-state index contributed by atoms with van der Waals surface area (Å²) in [5.74, 6) is 0.309. The van der Waals surface area contributed by atoms with Crippen LogP contribution >= 0.6 is 0 Å². The molecule has 0 saturated carbocycles. The average molecular weight is 486 g/mol. The first-order valence-electron chi connectivity index (χ1n) is 11.7. The SMILES string of the molecule is CCOc1ccc(CCNC(=O)[C@H]2Cc3cc(S(=O)(=O)N4CCCC4)ccc3N2C(C)=O)cc1. The molecule has 4 rings (SSSR count). The number of hydrogen-bond donors (Lipinski definition) is 1. The van der Waals surface area contributed by atoms with E-state index < -0.39 is 16.1 Å². The molecule has 182 valence electrons. The molecule has 0 radical (unpaired) electrons. The number of anilines is 1. The van der Waals surface area contributed by atoms with E-state index in [1.54, 1.807) is 12.1 Å². The molecule has 2 heterocycles. The highest BCUT2D eigenvalue weighted by molar-refractivity contribution is 7.89. The van der Waals surface area contributed by atoms with Crippen molar-refractivity contribution in [2.24, 2.45) is 0 Å². The summed E-state index contributed by atoms with van der Waals surface area (Å²) in [5, 5.41) is 2.93. The van der Waals surface area contributed by atoms with Gasteiger partial charge in [0.25, 0.3) is 0 Å². The van der Waals surface area contributed by atoms with Crippen molar-refractivity contribution < 1.29 is 22.7 Å². The lowest BCUT2D eigenvalue weighted by Gasteiger charge is -2.23. The number of fused-ring (bicyclic) bond motifs is 1. The number of nitrogens with one attached hydrogen (secondary N) is 1. The van der Waals surface area contributed by atoms with Crippen molar-refractivity contribution in [3.8, 4) is 5.75 Å². The van der Waals surface area contributed by atoms with Crippen LogP contribution in [0.3, 0.4) is 0 Å². The maximum absolute atomic E-state index is 13.0. The number of rotatable bonds is 8. The number of nitrogens with zero attached hydrogens (tertiary/aromatic N) is 2. The summed E-state index contributed by atoms with van der Waals surface area (Å²) >= 11 is 0. The van der Waals surface area contributed by atoms with Crippen LogP contribution in [0.5, 0.6) is 5.75 Å². The maximum Gasteiger partial charge on any atom is 0.243 e. The van der Waals surface area contributed by atoms with E-state index in [-0.39, 0.29) is 23.1 Å². The van der Waals surface area contributed by atoms with Gasteiger partial charge in [0, 0.05) is 38.7 Å². The van der Waals surface area contributed by atoms with Crippen LogP contribution < -0.4 is 15.0 Å². The van der Waals surface area contributed by atoms with Crippen molar-refractivity contribution in [3.05, 3.63) is 53.6 Å². The molecule has 1 atom stereocenters. The first kappa shape index (κ1) is 24.2. The topological polar surface area (TPSA) is 96.0 Å². The van der Waals surface area contributed by atoms with Crippen molar-refractivity contribution >= 4 is 27.5 Å². The van der Waals surface area contributed by atoms with E-state index in [2.05, 4.69) is 5.32 Å². The molecule has 9 heteroatoms. The van der Waals surface area contributed by atoms with E-state index in [1.807, 2.05) is 31.2 Å². The Morgan fingerprint density at radius 2 is 1.79 bits per heavy atom. The van der Waals surface area contributed by atoms with Gasteiger partial charge >= 0.3 is 0 Å². The Labute approximate surface area is 200 Å². The summed E-state index contributed by atoms with van der Waals surface area (Å²) in [5.41, 5.74) is 2.36. The fourth-order valence-electron chi connectivity index (χ4n) is 4.63. The standard InChI is InChI=1S/C25H31N3O5S/c1-3-33-21-8-6-19(7-9-21)12-13-26-25(30)24-17-20-16-22(10-11-23(20)28(24)18(2)29)34(31,32)27-14-4-5-15-27/h6-11,16,24H,3-5,12-15,17H2,1-2H3,(H,26,30)/t24-/m1/s1. The van der Waals surface area contributed by atoms with E-state index >= 15 is 0 Å². The normalized spacial score (nSPS) is 18.1. The van der Waals surface area contributed by atoms with Crippen molar-refractivity contribution in [2.45, 2.75) is 50.5 Å². The van der Waals surface area contributed by atoms with Crippen LogP contribution in [-0.4, -0.2) is 56.8 Å². The second kappa shape index (κ2) is 10.1. The summed E-state index contributed by atoms with van der Waals surface area (Å²) in [4.78, 5) is 27.1. The molecule has 0 bridgehead atoms.